The lowest BCUT2D eigenvalue weighted by Crippen LogP contribution is -2.02. The standard InChI is InChI=1S/C17H16N4O/c18-17-16(13-5-4-11-2-1-3-12(11)10-13)19-20-21(17)14-6-8-15(22)9-7-14/h4-10,22H,1-3,18H2. The zero-order chi connectivity index (χ0) is 15.1. The Kier molecular flexibility index (Phi) is 2.85. The van der Waals surface area contributed by atoms with Crippen molar-refractivity contribution in [3.8, 4) is 22.7 Å². The minimum absolute atomic E-state index is 0.210. The van der Waals surface area contributed by atoms with Gasteiger partial charge < -0.3 is 10.8 Å². The molecule has 4 rings (SSSR count). The van der Waals surface area contributed by atoms with Crippen LogP contribution in [0.4, 0.5) is 5.82 Å². The molecule has 1 heterocycles. The Morgan fingerprint density at radius 2 is 1.77 bits per heavy atom. The average Bonchev–Trinajstić information content (AvgIpc) is 3.14. The average molecular weight is 292 g/mol. The van der Waals surface area contributed by atoms with E-state index in [-0.39, 0.29) is 5.75 Å². The maximum Gasteiger partial charge on any atom is 0.155 e. The number of aryl methyl sites for hydroxylation is 2. The Bertz CT molecular complexity index is 836. The van der Waals surface area contributed by atoms with Gasteiger partial charge in [0.05, 0.1) is 5.69 Å². The summed E-state index contributed by atoms with van der Waals surface area (Å²) in [6.45, 7) is 0. The lowest BCUT2D eigenvalue weighted by molar-refractivity contribution is 0.475. The van der Waals surface area contributed by atoms with Crippen LogP contribution >= 0.6 is 0 Å². The van der Waals surface area contributed by atoms with Crippen molar-refractivity contribution in [2.75, 3.05) is 5.73 Å². The van der Waals surface area contributed by atoms with Gasteiger partial charge in [-0.1, -0.05) is 17.3 Å². The van der Waals surface area contributed by atoms with Crippen molar-refractivity contribution in [3.05, 3.63) is 53.6 Å². The summed E-state index contributed by atoms with van der Waals surface area (Å²) in [6.07, 6.45) is 3.49. The van der Waals surface area contributed by atoms with E-state index in [9.17, 15) is 5.11 Å². The summed E-state index contributed by atoms with van der Waals surface area (Å²) >= 11 is 0. The van der Waals surface area contributed by atoms with E-state index < -0.39 is 0 Å². The smallest absolute Gasteiger partial charge is 0.155 e. The molecule has 0 fully saturated rings. The molecular weight excluding hydrogens is 276 g/mol. The molecule has 1 aliphatic carbocycles. The largest absolute Gasteiger partial charge is 0.508 e. The molecule has 0 bridgehead atoms. The molecule has 0 atom stereocenters. The van der Waals surface area contributed by atoms with Crippen molar-refractivity contribution in [2.45, 2.75) is 19.3 Å². The van der Waals surface area contributed by atoms with E-state index in [2.05, 4.69) is 28.5 Å². The minimum atomic E-state index is 0.210. The Balaban J connectivity index is 1.76. The number of hydrogen-bond acceptors (Lipinski definition) is 4. The van der Waals surface area contributed by atoms with Gasteiger partial charge in [0.15, 0.2) is 5.82 Å². The second kappa shape index (κ2) is 4.87. The van der Waals surface area contributed by atoms with Crippen LogP contribution in [0.25, 0.3) is 16.9 Å². The molecule has 0 saturated carbocycles. The molecule has 110 valence electrons. The van der Waals surface area contributed by atoms with Crippen LogP contribution in [-0.4, -0.2) is 20.1 Å². The third kappa shape index (κ3) is 2.02. The van der Waals surface area contributed by atoms with Crippen molar-refractivity contribution >= 4 is 5.82 Å². The number of nitrogens with two attached hydrogens (primary N) is 1. The lowest BCUT2D eigenvalue weighted by atomic mass is 10.0. The third-order valence-corrected chi connectivity index (χ3v) is 4.17. The highest BCUT2D eigenvalue weighted by Gasteiger charge is 2.16. The fraction of sp³-hybridized carbons (Fsp3) is 0.176. The molecular formula is C17H16N4O. The van der Waals surface area contributed by atoms with E-state index in [1.165, 1.54) is 17.5 Å². The Labute approximate surface area is 128 Å². The summed E-state index contributed by atoms with van der Waals surface area (Å²) in [4.78, 5) is 0. The van der Waals surface area contributed by atoms with Crippen LogP contribution in [0.5, 0.6) is 5.75 Å². The van der Waals surface area contributed by atoms with Gasteiger partial charge in [-0.15, -0.1) is 5.10 Å². The molecule has 1 aliphatic rings. The number of nitrogen functional groups attached to an aromatic ring is 1. The first-order valence-corrected chi connectivity index (χ1v) is 7.35. The SMILES string of the molecule is Nc1c(-c2ccc3c(c2)CCC3)nnn1-c1ccc(O)cc1. The number of rotatable bonds is 2. The van der Waals surface area contributed by atoms with Gasteiger partial charge in [-0.2, -0.15) is 4.68 Å². The van der Waals surface area contributed by atoms with Gasteiger partial charge in [-0.05, 0) is 60.7 Å². The maximum absolute atomic E-state index is 9.37. The van der Waals surface area contributed by atoms with Gasteiger partial charge in [0.2, 0.25) is 0 Å². The molecule has 3 aromatic rings. The van der Waals surface area contributed by atoms with Gasteiger partial charge in [-0.25, -0.2) is 0 Å². The van der Waals surface area contributed by atoms with Gasteiger partial charge in [0, 0.05) is 5.56 Å². The monoisotopic (exact) mass is 292 g/mol. The third-order valence-electron chi connectivity index (χ3n) is 4.17. The number of aromatic hydroxyl groups is 1. The van der Waals surface area contributed by atoms with Crippen molar-refractivity contribution in [1.29, 1.82) is 0 Å². The van der Waals surface area contributed by atoms with E-state index in [0.29, 0.717) is 11.5 Å². The first kappa shape index (κ1) is 12.9. The van der Waals surface area contributed by atoms with Gasteiger partial charge in [0.25, 0.3) is 0 Å². The molecule has 5 nitrogen and oxygen atoms in total. The van der Waals surface area contributed by atoms with Gasteiger partial charge >= 0.3 is 0 Å². The molecule has 0 radical (unpaired) electrons. The van der Waals surface area contributed by atoms with Crippen LogP contribution in [0, 0.1) is 0 Å². The first-order valence-electron chi connectivity index (χ1n) is 7.35. The molecule has 1 aromatic heterocycles. The molecule has 3 N–H and O–H groups in total. The van der Waals surface area contributed by atoms with Crippen LogP contribution in [0.1, 0.15) is 17.5 Å². The van der Waals surface area contributed by atoms with Crippen LogP contribution in [0.3, 0.4) is 0 Å². The summed E-state index contributed by atoms with van der Waals surface area (Å²) in [6, 6.07) is 13.1. The summed E-state index contributed by atoms with van der Waals surface area (Å²) in [7, 11) is 0. The second-order valence-corrected chi connectivity index (χ2v) is 5.59. The number of hydrogen-bond donors (Lipinski definition) is 2. The van der Waals surface area contributed by atoms with E-state index in [1.807, 2.05) is 0 Å². The molecule has 0 unspecified atom stereocenters. The summed E-state index contributed by atoms with van der Waals surface area (Å²) < 4.78 is 1.59. The fourth-order valence-electron chi connectivity index (χ4n) is 3.00. The van der Waals surface area contributed by atoms with Crippen molar-refractivity contribution in [3.63, 3.8) is 0 Å². The number of phenols is 1. The molecule has 0 aliphatic heterocycles. The van der Waals surface area contributed by atoms with E-state index in [0.717, 1.165) is 24.1 Å². The predicted octanol–water partition coefficient (Wildman–Crippen LogP) is 2.71. The van der Waals surface area contributed by atoms with E-state index in [4.69, 9.17) is 5.73 Å². The quantitative estimate of drug-likeness (QED) is 0.761. The minimum Gasteiger partial charge on any atom is -0.508 e. The molecule has 5 heteroatoms. The van der Waals surface area contributed by atoms with Crippen LogP contribution in [0.2, 0.25) is 0 Å². The van der Waals surface area contributed by atoms with Crippen molar-refractivity contribution < 1.29 is 5.11 Å². The Hall–Kier alpha value is -2.82. The van der Waals surface area contributed by atoms with E-state index >= 15 is 0 Å². The first-order chi connectivity index (χ1) is 10.7. The number of benzene rings is 2. The fourth-order valence-corrected chi connectivity index (χ4v) is 3.00. The molecule has 0 amide bonds. The highest BCUT2D eigenvalue weighted by molar-refractivity contribution is 5.72. The van der Waals surface area contributed by atoms with Crippen molar-refractivity contribution in [1.82, 2.24) is 15.0 Å². The van der Waals surface area contributed by atoms with Crippen LogP contribution < -0.4 is 5.73 Å². The number of nitrogens with zero attached hydrogens (tertiary/aromatic N) is 3. The molecule has 2 aromatic carbocycles. The number of fused-ring (bicyclic) bond motifs is 1. The van der Waals surface area contributed by atoms with E-state index in [1.54, 1.807) is 28.9 Å². The number of phenolic OH excluding ortho intramolecular Hbond substituents is 1. The van der Waals surface area contributed by atoms with Crippen molar-refractivity contribution in [2.24, 2.45) is 0 Å². The maximum atomic E-state index is 9.37. The second-order valence-electron chi connectivity index (χ2n) is 5.59. The lowest BCUT2D eigenvalue weighted by Gasteiger charge is -2.05. The number of anilines is 1. The molecule has 0 spiro atoms. The highest BCUT2D eigenvalue weighted by atomic mass is 16.3. The molecule has 0 saturated heterocycles. The summed E-state index contributed by atoms with van der Waals surface area (Å²) in [5.41, 5.74) is 11.5. The number of aromatic nitrogens is 3. The van der Waals surface area contributed by atoms with Crippen LogP contribution in [0.15, 0.2) is 42.5 Å². The zero-order valence-electron chi connectivity index (χ0n) is 12.0. The van der Waals surface area contributed by atoms with Crippen LogP contribution in [-0.2, 0) is 12.8 Å². The predicted molar refractivity (Wildman–Crippen MR) is 84.9 cm³/mol. The normalized spacial score (nSPS) is 13.3. The molecule has 22 heavy (non-hydrogen) atoms. The van der Waals surface area contributed by atoms with Gasteiger partial charge in [0.1, 0.15) is 11.4 Å². The van der Waals surface area contributed by atoms with Gasteiger partial charge in [-0.3, -0.25) is 0 Å². The Morgan fingerprint density at radius 1 is 1.00 bits per heavy atom. The summed E-state index contributed by atoms with van der Waals surface area (Å²) in [5, 5.41) is 17.8. The highest BCUT2D eigenvalue weighted by Crippen LogP contribution is 2.30. The topological polar surface area (TPSA) is 77.0 Å². The summed E-state index contributed by atoms with van der Waals surface area (Å²) in [5.74, 6) is 0.713. The Morgan fingerprint density at radius 3 is 2.59 bits per heavy atom. The zero-order valence-corrected chi connectivity index (χ0v) is 12.0.